The molecule has 0 aromatic carbocycles. The number of fused-ring (bicyclic) bond motifs is 5. The summed E-state index contributed by atoms with van der Waals surface area (Å²) in [4.78, 5) is 17.7. The third-order valence-electron chi connectivity index (χ3n) is 10.4. The van der Waals surface area contributed by atoms with Crippen molar-refractivity contribution in [3.05, 3.63) is 12.0 Å². The Morgan fingerprint density at radius 2 is 1.91 bits per heavy atom. The van der Waals surface area contributed by atoms with Crippen molar-refractivity contribution >= 4 is 12.0 Å². The summed E-state index contributed by atoms with van der Waals surface area (Å²) in [5, 5.41) is 10.8. The summed E-state index contributed by atoms with van der Waals surface area (Å²) in [6.45, 7) is 7.85. The molecular weight excluding hydrogens is 428 g/mol. The van der Waals surface area contributed by atoms with Crippen molar-refractivity contribution in [2.24, 2.45) is 51.1 Å². The molecule has 0 aromatic heterocycles. The summed E-state index contributed by atoms with van der Waals surface area (Å²) in [5.41, 5.74) is 5.30. The van der Waals surface area contributed by atoms with Crippen LogP contribution in [0.1, 0.15) is 78.6 Å². The van der Waals surface area contributed by atoms with Gasteiger partial charge in [0.05, 0.1) is 31.6 Å². The SMILES string of the molecule is CCO/C(C=NCC(=O)[C@H]1CC[C@H]2[C@@H]3CC[C@@H]4C[C@](C)(O)CC[C@]4(COC)[C@H]3CC[C@]12C)=C/N. The van der Waals surface area contributed by atoms with E-state index in [-0.39, 0.29) is 29.1 Å². The van der Waals surface area contributed by atoms with E-state index in [1.807, 2.05) is 21.0 Å². The highest BCUT2D eigenvalue weighted by Crippen LogP contribution is 2.68. The van der Waals surface area contributed by atoms with Crippen LogP contribution in [0.25, 0.3) is 0 Å². The van der Waals surface area contributed by atoms with Crippen LogP contribution < -0.4 is 5.73 Å². The molecule has 6 nitrogen and oxygen atoms in total. The lowest BCUT2D eigenvalue weighted by atomic mass is 9.43. The smallest absolute Gasteiger partial charge is 0.157 e. The van der Waals surface area contributed by atoms with Gasteiger partial charge in [-0.1, -0.05) is 6.92 Å². The zero-order valence-corrected chi connectivity index (χ0v) is 21.7. The first-order chi connectivity index (χ1) is 16.2. The van der Waals surface area contributed by atoms with E-state index in [4.69, 9.17) is 15.2 Å². The number of aliphatic imine (C=N–C) groups is 1. The maximum atomic E-state index is 13.3. The molecule has 4 saturated carbocycles. The zero-order valence-electron chi connectivity index (χ0n) is 21.7. The van der Waals surface area contributed by atoms with Crippen molar-refractivity contribution in [3.63, 3.8) is 0 Å². The normalized spacial score (nSPS) is 44.4. The number of nitrogens with zero attached hydrogens (tertiary/aromatic N) is 1. The lowest BCUT2D eigenvalue weighted by molar-refractivity contribution is -0.175. The van der Waals surface area contributed by atoms with Crippen molar-refractivity contribution in [2.45, 2.75) is 84.2 Å². The van der Waals surface area contributed by atoms with E-state index in [0.29, 0.717) is 36.0 Å². The standard InChI is InChI=1S/C28H46N2O4/c1-5-34-20(15-29)16-30-17-25(31)24-9-8-22-21-7-6-19-14-26(2,32)12-13-28(19,18-33-4)23(21)10-11-27(22,24)3/h15-16,19,21-24,32H,5-14,17-18,29H2,1-4H3/b20-15+,30-16?/t19-,21+,22+,23+,24-,26-,27+,28-/m1/s1. The first-order valence-corrected chi connectivity index (χ1v) is 13.5. The predicted molar refractivity (Wildman–Crippen MR) is 134 cm³/mol. The second-order valence-corrected chi connectivity index (χ2v) is 12.1. The number of ketones is 1. The van der Waals surface area contributed by atoms with Crippen molar-refractivity contribution < 1.29 is 19.4 Å². The number of hydrogen-bond acceptors (Lipinski definition) is 6. The lowest BCUT2D eigenvalue weighted by Crippen LogP contribution is -2.58. The van der Waals surface area contributed by atoms with Gasteiger partial charge in [0.15, 0.2) is 11.5 Å². The van der Waals surface area contributed by atoms with Gasteiger partial charge in [-0.05, 0) is 106 Å². The Balaban J connectivity index is 1.49. The minimum atomic E-state index is -0.537. The van der Waals surface area contributed by atoms with Gasteiger partial charge >= 0.3 is 0 Å². The molecule has 3 N–H and O–H groups in total. The highest BCUT2D eigenvalue weighted by atomic mass is 16.5. The first kappa shape index (κ1) is 25.7. The van der Waals surface area contributed by atoms with Crippen LogP contribution in [0.2, 0.25) is 0 Å². The van der Waals surface area contributed by atoms with E-state index in [0.717, 1.165) is 45.1 Å². The number of hydrogen-bond donors (Lipinski definition) is 2. The molecule has 34 heavy (non-hydrogen) atoms. The third kappa shape index (κ3) is 4.45. The highest BCUT2D eigenvalue weighted by Gasteiger charge is 2.63. The number of nitrogens with two attached hydrogens (primary N) is 1. The fourth-order valence-corrected chi connectivity index (χ4v) is 8.94. The highest BCUT2D eigenvalue weighted by molar-refractivity contribution is 5.86. The quantitative estimate of drug-likeness (QED) is 0.399. The monoisotopic (exact) mass is 474 g/mol. The molecule has 0 aliphatic heterocycles. The molecule has 0 spiro atoms. The molecule has 0 bridgehead atoms. The Morgan fingerprint density at radius 3 is 2.62 bits per heavy atom. The van der Waals surface area contributed by atoms with Crippen LogP contribution in [0.3, 0.4) is 0 Å². The van der Waals surface area contributed by atoms with Gasteiger partial charge in [-0.2, -0.15) is 0 Å². The van der Waals surface area contributed by atoms with Crippen LogP contribution in [0.5, 0.6) is 0 Å². The van der Waals surface area contributed by atoms with E-state index in [2.05, 4.69) is 11.9 Å². The molecule has 0 saturated heterocycles. The lowest BCUT2D eigenvalue weighted by Gasteiger charge is -2.62. The Morgan fingerprint density at radius 1 is 1.12 bits per heavy atom. The van der Waals surface area contributed by atoms with Crippen LogP contribution in [0.4, 0.5) is 0 Å². The number of Topliss-reactive ketones (excluding diaryl/α,β-unsaturated/α-hetero) is 1. The number of carbonyl (C=O) groups excluding carboxylic acids is 1. The fraction of sp³-hybridized carbons (Fsp3) is 0.857. The maximum absolute atomic E-state index is 13.3. The van der Waals surface area contributed by atoms with Crippen molar-refractivity contribution in [1.29, 1.82) is 0 Å². The van der Waals surface area contributed by atoms with Crippen LogP contribution in [-0.2, 0) is 14.3 Å². The van der Waals surface area contributed by atoms with Crippen LogP contribution in [0.15, 0.2) is 17.0 Å². The van der Waals surface area contributed by atoms with Gasteiger partial charge in [0.25, 0.3) is 0 Å². The molecule has 192 valence electrons. The average molecular weight is 475 g/mol. The van der Waals surface area contributed by atoms with Crippen LogP contribution in [0, 0.1) is 40.4 Å². The van der Waals surface area contributed by atoms with Gasteiger partial charge in [0, 0.05) is 19.2 Å². The van der Waals surface area contributed by atoms with E-state index < -0.39 is 5.60 Å². The maximum Gasteiger partial charge on any atom is 0.157 e. The largest absolute Gasteiger partial charge is 0.491 e. The topological polar surface area (TPSA) is 94.1 Å². The van der Waals surface area contributed by atoms with Crippen LogP contribution >= 0.6 is 0 Å². The summed E-state index contributed by atoms with van der Waals surface area (Å²) >= 11 is 0. The summed E-state index contributed by atoms with van der Waals surface area (Å²) in [6, 6.07) is 0. The summed E-state index contributed by atoms with van der Waals surface area (Å²) < 4.78 is 11.3. The number of ether oxygens (including phenoxy) is 2. The Kier molecular flexibility index (Phi) is 7.50. The molecule has 0 unspecified atom stereocenters. The Hall–Kier alpha value is -1.40. The number of methoxy groups -OCH3 is 1. The van der Waals surface area contributed by atoms with Gasteiger partial charge in [0.2, 0.25) is 0 Å². The number of carbonyl (C=O) groups is 1. The summed E-state index contributed by atoms with van der Waals surface area (Å²) in [5.74, 6) is 3.33. The van der Waals surface area contributed by atoms with E-state index in [1.54, 1.807) is 6.21 Å². The zero-order chi connectivity index (χ0) is 24.6. The molecule has 4 aliphatic carbocycles. The van der Waals surface area contributed by atoms with Gasteiger partial charge in [-0.3, -0.25) is 9.79 Å². The minimum Gasteiger partial charge on any atom is -0.491 e. The Bertz CT molecular complexity index is 808. The van der Waals surface area contributed by atoms with E-state index >= 15 is 0 Å². The third-order valence-corrected chi connectivity index (χ3v) is 10.4. The summed E-state index contributed by atoms with van der Waals surface area (Å²) in [7, 11) is 1.84. The molecule has 8 atom stereocenters. The van der Waals surface area contributed by atoms with Crippen molar-refractivity contribution in [2.75, 3.05) is 26.9 Å². The molecule has 0 radical (unpaired) electrons. The fourth-order valence-electron chi connectivity index (χ4n) is 8.94. The van der Waals surface area contributed by atoms with Crippen LogP contribution in [-0.4, -0.2) is 49.6 Å². The van der Waals surface area contributed by atoms with E-state index in [9.17, 15) is 9.90 Å². The first-order valence-electron chi connectivity index (χ1n) is 13.5. The average Bonchev–Trinajstić information content (AvgIpc) is 3.16. The molecule has 6 heteroatoms. The van der Waals surface area contributed by atoms with Gasteiger partial charge in [-0.25, -0.2) is 0 Å². The van der Waals surface area contributed by atoms with Gasteiger partial charge < -0.3 is 20.3 Å². The minimum absolute atomic E-state index is 0.0709. The molecule has 4 rings (SSSR count). The van der Waals surface area contributed by atoms with Gasteiger partial charge in [-0.15, -0.1) is 0 Å². The molecule has 4 fully saturated rings. The van der Waals surface area contributed by atoms with Gasteiger partial charge in [0.1, 0.15) is 0 Å². The molecule has 0 heterocycles. The number of aliphatic hydroxyl groups is 1. The van der Waals surface area contributed by atoms with Crippen molar-refractivity contribution in [3.8, 4) is 0 Å². The second kappa shape index (κ2) is 9.93. The van der Waals surface area contributed by atoms with E-state index in [1.165, 1.54) is 25.5 Å². The number of allylic oxidation sites excluding steroid dienone is 1. The summed E-state index contributed by atoms with van der Waals surface area (Å²) in [6.07, 6.45) is 12.7. The molecular formula is C28H46N2O4. The molecule has 0 amide bonds. The molecule has 0 aromatic rings. The van der Waals surface area contributed by atoms with Crippen molar-refractivity contribution in [1.82, 2.24) is 0 Å². The second-order valence-electron chi connectivity index (χ2n) is 12.1. The number of rotatable bonds is 8. The molecule has 4 aliphatic rings. The predicted octanol–water partition coefficient (Wildman–Crippen LogP) is 4.50. The Labute approximate surface area is 205 Å².